The van der Waals surface area contributed by atoms with E-state index in [0.717, 1.165) is 11.1 Å². The van der Waals surface area contributed by atoms with Crippen LogP contribution in [0.1, 0.15) is 15.9 Å². The molecule has 160 valence electrons. The van der Waals surface area contributed by atoms with Crippen LogP contribution in [0.2, 0.25) is 0 Å². The minimum atomic E-state index is -3.66. The van der Waals surface area contributed by atoms with E-state index < -0.39 is 15.9 Å². The maximum absolute atomic E-state index is 12.9. The molecule has 9 heteroatoms. The normalized spacial score (nSPS) is 14.9. The summed E-state index contributed by atoms with van der Waals surface area (Å²) in [7, 11) is -3.66. The largest absolute Gasteiger partial charge is 0.379 e. The maximum Gasteiger partial charge on any atom is 0.258 e. The number of aromatic nitrogens is 2. The van der Waals surface area contributed by atoms with E-state index in [1.54, 1.807) is 19.1 Å². The average Bonchev–Trinajstić information content (AvgIpc) is 2.81. The Labute approximate surface area is 181 Å². The summed E-state index contributed by atoms with van der Waals surface area (Å²) in [6, 6.07) is 14.2. The Morgan fingerprint density at radius 1 is 1.03 bits per heavy atom. The molecule has 0 unspecified atom stereocenters. The summed E-state index contributed by atoms with van der Waals surface area (Å²) in [4.78, 5) is 21.4. The van der Waals surface area contributed by atoms with E-state index >= 15 is 0 Å². The van der Waals surface area contributed by atoms with Crippen molar-refractivity contribution in [2.45, 2.75) is 11.8 Å². The molecule has 1 amide bonds. The van der Waals surface area contributed by atoms with Gasteiger partial charge in [-0.25, -0.2) is 18.4 Å². The van der Waals surface area contributed by atoms with Crippen molar-refractivity contribution in [2.24, 2.45) is 0 Å². The molecule has 0 radical (unpaired) electrons. The SMILES string of the molecule is Cc1ccc(S(=O)(=O)N2CCOCC2)cc1NC(=O)c1cnc(-c2ccccc2)nc1. The Morgan fingerprint density at radius 2 is 1.71 bits per heavy atom. The zero-order valence-electron chi connectivity index (χ0n) is 17.0. The molecule has 1 saturated heterocycles. The minimum Gasteiger partial charge on any atom is -0.379 e. The molecule has 1 N–H and O–H groups in total. The highest BCUT2D eigenvalue weighted by atomic mass is 32.2. The molecule has 0 bridgehead atoms. The second kappa shape index (κ2) is 8.93. The van der Waals surface area contributed by atoms with Crippen molar-refractivity contribution in [3.63, 3.8) is 0 Å². The number of carbonyl (C=O) groups is 1. The van der Waals surface area contributed by atoms with Crippen LogP contribution in [0.25, 0.3) is 11.4 Å². The predicted octanol–water partition coefficient (Wildman–Crippen LogP) is 2.73. The molecule has 1 fully saturated rings. The maximum atomic E-state index is 12.9. The van der Waals surface area contributed by atoms with Crippen LogP contribution >= 0.6 is 0 Å². The van der Waals surface area contributed by atoms with Crippen molar-refractivity contribution in [2.75, 3.05) is 31.6 Å². The highest BCUT2D eigenvalue weighted by Gasteiger charge is 2.27. The number of anilines is 1. The Morgan fingerprint density at radius 3 is 2.39 bits per heavy atom. The van der Waals surface area contributed by atoms with Gasteiger partial charge >= 0.3 is 0 Å². The van der Waals surface area contributed by atoms with Gasteiger partial charge in [-0.1, -0.05) is 36.4 Å². The molecule has 2 heterocycles. The van der Waals surface area contributed by atoms with Crippen molar-refractivity contribution >= 4 is 21.6 Å². The number of morpholine rings is 1. The zero-order chi connectivity index (χ0) is 21.8. The summed E-state index contributed by atoms with van der Waals surface area (Å²) < 4.78 is 32.5. The molecule has 0 spiro atoms. The summed E-state index contributed by atoms with van der Waals surface area (Å²) in [5.74, 6) is 0.107. The lowest BCUT2D eigenvalue weighted by molar-refractivity contribution is 0.0730. The standard InChI is InChI=1S/C22H22N4O4S/c1-16-7-8-19(31(28,29)26-9-11-30-12-10-26)13-20(16)25-22(27)18-14-23-21(24-15-18)17-5-3-2-4-6-17/h2-8,13-15H,9-12H2,1H3,(H,25,27). The van der Waals surface area contributed by atoms with Crippen LogP contribution in [-0.2, 0) is 14.8 Å². The van der Waals surface area contributed by atoms with Gasteiger partial charge in [0.05, 0.1) is 23.7 Å². The number of carbonyl (C=O) groups excluding carboxylic acids is 1. The van der Waals surface area contributed by atoms with Crippen LogP contribution < -0.4 is 5.32 Å². The van der Waals surface area contributed by atoms with E-state index in [9.17, 15) is 13.2 Å². The van der Waals surface area contributed by atoms with E-state index in [1.165, 1.54) is 22.8 Å². The second-order valence-electron chi connectivity index (χ2n) is 7.11. The number of amides is 1. The van der Waals surface area contributed by atoms with Crippen LogP contribution in [0.5, 0.6) is 0 Å². The highest BCUT2D eigenvalue weighted by Crippen LogP contribution is 2.24. The Kier molecular flexibility index (Phi) is 6.08. The molecule has 4 rings (SSSR count). The third-order valence-corrected chi connectivity index (χ3v) is 6.91. The van der Waals surface area contributed by atoms with Gasteiger partial charge in [0.25, 0.3) is 5.91 Å². The van der Waals surface area contributed by atoms with E-state index in [0.29, 0.717) is 37.8 Å². The van der Waals surface area contributed by atoms with Gasteiger partial charge in [0.2, 0.25) is 10.0 Å². The smallest absolute Gasteiger partial charge is 0.258 e. The molecule has 1 aliphatic rings. The summed E-state index contributed by atoms with van der Waals surface area (Å²) in [6.45, 7) is 3.16. The van der Waals surface area contributed by atoms with Gasteiger partial charge in [0, 0.05) is 36.7 Å². The van der Waals surface area contributed by atoms with Gasteiger partial charge in [0.1, 0.15) is 0 Å². The molecule has 1 aliphatic heterocycles. The number of sulfonamides is 1. The topological polar surface area (TPSA) is 101 Å². The zero-order valence-corrected chi connectivity index (χ0v) is 17.8. The molecule has 2 aromatic carbocycles. The summed E-state index contributed by atoms with van der Waals surface area (Å²) in [5, 5.41) is 2.77. The van der Waals surface area contributed by atoms with Gasteiger partial charge in [-0.2, -0.15) is 4.31 Å². The van der Waals surface area contributed by atoms with Gasteiger partial charge in [-0.3, -0.25) is 4.79 Å². The lowest BCUT2D eigenvalue weighted by Crippen LogP contribution is -2.40. The van der Waals surface area contributed by atoms with Crippen molar-refractivity contribution in [3.8, 4) is 11.4 Å². The number of nitrogens with zero attached hydrogens (tertiary/aromatic N) is 3. The van der Waals surface area contributed by atoms with Crippen LogP contribution in [0.15, 0.2) is 65.8 Å². The summed E-state index contributed by atoms with van der Waals surface area (Å²) >= 11 is 0. The van der Waals surface area contributed by atoms with Crippen molar-refractivity contribution in [1.29, 1.82) is 0 Å². The van der Waals surface area contributed by atoms with Crippen LogP contribution in [-0.4, -0.2) is 54.9 Å². The fourth-order valence-corrected chi connectivity index (χ4v) is 4.64. The quantitative estimate of drug-likeness (QED) is 0.657. The Hall–Kier alpha value is -3.14. The monoisotopic (exact) mass is 438 g/mol. The fourth-order valence-electron chi connectivity index (χ4n) is 3.21. The van der Waals surface area contributed by atoms with Gasteiger partial charge in [-0.05, 0) is 24.6 Å². The first-order chi connectivity index (χ1) is 14.9. The number of nitrogens with one attached hydrogen (secondary N) is 1. The van der Waals surface area contributed by atoms with Crippen LogP contribution in [0.3, 0.4) is 0 Å². The third-order valence-electron chi connectivity index (χ3n) is 5.01. The van der Waals surface area contributed by atoms with E-state index in [1.807, 2.05) is 30.3 Å². The molecule has 1 aromatic heterocycles. The Bertz CT molecular complexity index is 1180. The van der Waals surface area contributed by atoms with Gasteiger partial charge < -0.3 is 10.1 Å². The number of aryl methyl sites for hydroxylation is 1. The van der Waals surface area contributed by atoms with Crippen molar-refractivity contribution in [1.82, 2.24) is 14.3 Å². The van der Waals surface area contributed by atoms with E-state index in [-0.39, 0.29) is 10.5 Å². The molecule has 3 aromatic rings. The van der Waals surface area contributed by atoms with Crippen molar-refractivity contribution < 1.29 is 17.9 Å². The lowest BCUT2D eigenvalue weighted by Gasteiger charge is -2.26. The van der Waals surface area contributed by atoms with Gasteiger partial charge in [0.15, 0.2) is 5.82 Å². The second-order valence-corrected chi connectivity index (χ2v) is 9.05. The Balaban J connectivity index is 1.53. The number of rotatable bonds is 5. The predicted molar refractivity (Wildman–Crippen MR) is 116 cm³/mol. The first-order valence-corrected chi connectivity index (χ1v) is 11.3. The minimum absolute atomic E-state index is 0.131. The molecule has 8 nitrogen and oxygen atoms in total. The number of ether oxygens (including phenoxy) is 1. The first-order valence-electron chi connectivity index (χ1n) is 9.82. The summed E-state index contributed by atoms with van der Waals surface area (Å²) in [6.07, 6.45) is 2.91. The first kappa shape index (κ1) is 21.1. The molecule has 0 atom stereocenters. The molecule has 0 aliphatic carbocycles. The number of benzene rings is 2. The average molecular weight is 439 g/mol. The van der Waals surface area contributed by atoms with Crippen molar-refractivity contribution in [3.05, 3.63) is 72.1 Å². The molecular weight excluding hydrogens is 416 g/mol. The number of hydrogen-bond acceptors (Lipinski definition) is 6. The van der Waals surface area contributed by atoms with Gasteiger partial charge in [-0.15, -0.1) is 0 Å². The lowest BCUT2D eigenvalue weighted by atomic mass is 10.2. The van der Waals surface area contributed by atoms with Crippen LogP contribution in [0, 0.1) is 6.92 Å². The van der Waals surface area contributed by atoms with E-state index in [4.69, 9.17) is 4.74 Å². The third kappa shape index (κ3) is 4.63. The molecular formula is C22H22N4O4S. The highest BCUT2D eigenvalue weighted by molar-refractivity contribution is 7.89. The summed E-state index contributed by atoms with van der Waals surface area (Å²) in [5.41, 5.74) is 2.30. The van der Waals surface area contributed by atoms with E-state index in [2.05, 4.69) is 15.3 Å². The number of hydrogen-bond donors (Lipinski definition) is 1. The molecule has 0 saturated carbocycles. The van der Waals surface area contributed by atoms with Crippen LogP contribution in [0.4, 0.5) is 5.69 Å². The molecule has 31 heavy (non-hydrogen) atoms. The fraction of sp³-hybridized carbons (Fsp3) is 0.227.